The quantitative estimate of drug-likeness (QED) is 0.0227. The lowest BCUT2D eigenvalue weighted by molar-refractivity contribution is -0.379. The first-order valence-electron chi connectivity index (χ1n) is 31.9. The Morgan fingerprint density at radius 1 is 0.438 bits per heavy atom. The number of nitrogens with one attached hydrogen (secondary N) is 1. The summed E-state index contributed by atoms with van der Waals surface area (Å²) in [6, 6.07) is -0.967. The van der Waals surface area contributed by atoms with Crippen LogP contribution in [0.2, 0.25) is 0 Å². The molecule has 3 rings (SSSR count). The number of unbranched alkanes of at least 4 members (excludes halogenated alkanes) is 32. The van der Waals surface area contributed by atoms with Crippen molar-refractivity contribution in [1.29, 1.82) is 0 Å². The molecule has 12 N–H and O–H groups in total. The molecule has 3 heterocycles. The number of hydrogen-bond donors (Lipinski definition) is 12. The van der Waals surface area contributed by atoms with Crippen molar-refractivity contribution in [3.63, 3.8) is 0 Å². The van der Waals surface area contributed by atoms with E-state index in [4.69, 9.17) is 28.4 Å². The maximum atomic E-state index is 13.3. The summed E-state index contributed by atoms with van der Waals surface area (Å²) in [5.74, 6) is -0.271. The van der Waals surface area contributed by atoms with Crippen molar-refractivity contribution in [2.75, 3.05) is 26.4 Å². The average Bonchev–Trinajstić information content (AvgIpc) is 3.50. The molecule has 0 aromatic heterocycles. The molecule has 1 amide bonds. The number of aliphatic hydroxyl groups excluding tert-OH is 11. The second-order valence-electron chi connectivity index (χ2n) is 23.2. The van der Waals surface area contributed by atoms with Crippen molar-refractivity contribution >= 4 is 5.91 Å². The summed E-state index contributed by atoms with van der Waals surface area (Å²) in [6.07, 6.45) is 19.0. The minimum atomic E-state index is -1.97. The van der Waals surface area contributed by atoms with Gasteiger partial charge in [0.05, 0.1) is 38.6 Å². The van der Waals surface area contributed by atoms with Crippen LogP contribution in [0.3, 0.4) is 0 Å². The Hall–Kier alpha value is -1.47. The summed E-state index contributed by atoms with van der Waals surface area (Å²) in [5.41, 5.74) is 0. The predicted molar refractivity (Wildman–Crippen MR) is 305 cm³/mol. The van der Waals surface area contributed by atoms with E-state index in [9.17, 15) is 61.0 Å². The minimum Gasteiger partial charge on any atom is -0.394 e. The first kappa shape index (κ1) is 72.8. The maximum Gasteiger partial charge on any atom is 0.220 e. The highest BCUT2D eigenvalue weighted by Crippen LogP contribution is 2.33. The Morgan fingerprint density at radius 2 is 0.775 bits per heavy atom. The van der Waals surface area contributed by atoms with Crippen LogP contribution in [0, 0.1) is 0 Å². The summed E-state index contributed by atoms with van der Waals surface area (Å²) in [4.78, 5) is 13.3. The molecule has 17 unspecified atom stereocenters. The van der Waals surface area contributed by atoms with Gasteiger partial charge in [0.15, 0.2) is 18.9 Å². The summed E-state index contributed by atoms with van der Waals surface area (Å²) in [6.45, 7) is 1.75. The molecule has 0 aliphatic carbocycles. The second kappa shape index (κ2) is 44.9. The molecule has 472 valence electrons. The largest absolute Gasteiger partial charge is 0.394 e. The summed E-state index contributed by atoms with van der Waals surface area (Å²) in [5, 5.41) is 120. The zero-order chi connectivity index (χ0) is 58.3. The molecule has 80 heavy (non-hydrogen) atoms. The molecule has 3 aliphatic rings. The summed E-state index contributed by atoms with van der Waals surface area (Å²) >= 11 is 0. The monoisotopic (exact) mass is 1150 g/mol. The third-order valence-electron chi connectivity index (χ3n) is 16.3. The molecular weight excluding hydrogens is 1030 g/mol. The lowest BCUT2D eigenvalue weighted by Gasteiger charge is -2.48. The van der Waals surface area contributed by atoms with E-state index in [2.05, 4.69) is 19.2 Å². The van der Waals surface area contributed by atoms with Crippen LogP contribution in [0.5, 0.6) is 0 Å². The van der Waals surface area contributed by atoms with Gasteiger partial charge in [-0.3, -0.25) is 4.79 Å². The Morgan fingerprint density at radius 3 is 1.18 bits per heavy atom. The first-order chi connectivity index (χ1) is 38.8. The van der Waals surface area contributed by atoms with E-state index in [0.717, 1.165) is 44.9 Å². The fourth-order valence-corrected chi connectivity index (χ4v) is 11.1. The molecule has 17 atom stereocenters. The minimum absolute atomic E-state index is 0.249. The average molecular weight is 1150 g/mol. The van der Waals surface area contributed by atoms with Crippen LogP contribution in [0.4, 0.5) is 0 Å². The number of carbonyl (C=O) groups excluding carboxylic acids is 1. The predicted octanol–water partition coefficient (Wildman–Crippen LogP) is 6.55. The van der Waals surface area contributed by atoms with Crippen LogP contribution in [0.1, 0.15) is 239 Å². The van der Waals surface area contributed by atoms with E-state index < -0.39 is 124 Å². The first-order valence-corrected chi connectivity index (χ1v) is 31.9. The van der Waals surface area contributed by atoms with Gasteiger partial charge < -0.3 is 89.9 Å². The Kier molecular flexibility index (Phi) is 40.9. The van der Waals surface area contributed by atoms with Crippen molar-refractivity contribution in [3.05, 3.63) is 12.2 Å². The maximum absolute atomic E-state index is 13.3. The lowest BCUT2D eigenvalue weighted by atomic mass is 9.96. The van der Waals surface area contributed by atoms with E-state index in [1.807, 2.05) is 6.08 Å². The van der Waals surface area contributed by atoms with Crippen molar-refractivity contribution in [3.8, 4) is 0 Å². The molecule has 0 aromatic carbocycles. The molecule has 0 spiro atoms. The highest BCUT2D eigenvalue weighted by atomic mass is 16.8. The number of ether oxygens (including phenoxy) is 6. The number of allylic oxidation sites excluding steroid dienone is 1. The van der Waals surface area contributed by atoms with E-state index in [1.54, 1.807) is 6.08 Å². The van der Waals surface area contributed by atoms with E-state index in [1.165, 1.54) is 167 Å². The molecule has 19 heteroatoms. The number of hydrogen-bond acceptors (Lipinski definition) is 18. The lowest BCUT2D eigenvalue weighted by Crippen LogP contribution is -2.66. The SMILES string of the molecule is CCCCCCCCCCCCCCCC/C=C/C(O)C(COC1OC(CO)C(OC2OC(CO)C(OC3OC(CO)C(O)C(O)C3O)C(O)C2O)C(O)C1O)NC(=O)CCCCCCCCCCCCCCCCCCCCC. The number of aliphatic hydroxyl groups is 11. The highest BCUT2D eigenvalue weighted by molar-refractivity contribution is 5.76. The van der Waals surface area contributed by atoms with Crippen molar-refractivity contribution < 1.29 is 89.4 Å². The smallest absolute Gasteiger partial charge is 0.220 e. The molecule has 0 saturated carbocycles. The third kappa shape index (κ3) is 28.2. The van der Waals surface area contributed by atoms with Gasteiger partial charge in [-0.2, -0.15) is 0 Å². The number of amides is 1. The van der Waals surface area contributed by atoms with Crippen molar-refractivity contribution in [2.24, 2.45) is 0 Å². The highest BCUT2D eigenvalue weighted by Gasteiger charge is 2.53. The molecule has 19 nitrogen and oxygen atoms in total. The molecule has 3 fully saturated rings. The van der Waals surface area contributed by atoms with Gasteiger partial charge in [-0.05, 0) is 19.3 Å². The van der Waals surface area contributed by atoms with Gasteiger partial charge >= 0.3 is 0 Å². The fraction of sp³-hybridized carbons (Fsp3) is 0.951. The topological polar surface area (TPSA) is 307 Å². The van der Waals surface area contributed by atoms with Gasteiger partial charge in [-0.15, -0.1) is 0 Å². The number of carbonyl (C=O) groups is 1. The van der Waals surface area contributed by atoms with Gasteiger partial charge in [0, 0.05) is 6.42 Å². The molecular formula is C61H115NO18. The van der Waals surface area contributed by atoms with Crippen LogP contribution in [-0.4, -0.2) is 193 Å². The van der Waals surface area contributed by atoms with Crippen molar-refractivity contribution in [1.82, 2.24) is 5.32 Å². The normalized spacial score (nSPS) is 30.0. The van der Waals surface area contributed by atoms with Gasteiger partial charge in [-0.25, -0.2) is 0 Å². The zero-order valence-electron chi connectivity index (χ0n) is 49.3. The van der Waals surface area contributed by atoms with E-state index in [-0.39, 0.29) is 18.9 Å². The van der Waals surface area contributed by atoms with Crippen LogP contribution < -0.4 is 5.32 Å². The molecule has 0 aromatic rings. The van der Waals surface area contributed by atoms with Gasteiger partial charge in [-0.1, -0.05) is 225 Å². The van der Waals surface area contributed by atoms with Crippen LogP contribution >= 0.6 is 0 Å². The van der Waals surface area contributed by atoms with Gasteiger partial charge in [0.25, 0.3) is 0 Å². The van der Waals surface area contributed by atoms with Crippen LogP contribution in [-0.2, 0) is 33.2 Å². The summed E-state index contributed by atoms with van der Waals surface area (Å²) < 4.78 is 34.3. The third-order valence-corrected chi connectivity index (χ3v) is 16.3. The Balaban J connectivity index is 1.48. The van der Waals surface area contributed by atoms with Crippen LogP contribution in [0.25, 0.3) is 0 Å². The Labute approximate surface area is 480 Å². The second-order valence-corrected chi connectivity index (χ2v) is 23.2. The molecule has 3 aliphatic heterocycles. The summed E-state index contributed by atoms with van der Waals surface area (Å²) in [7, 11) is 0. The van der Waals surface area contributed by atoms with E-state index >= 15 is 0 Å². The standard InChI is InChI=1S/C61H115NO18/c1-3-5-7-9-11-13-15-17-19-21-22-23-25-27-29-31-33-35-37-39-49(67)62-44(45(66)38-36-34-32-30-28-26-24-20-18-16-14-12-10-8-6-4-2)43-75-59-55(73)52(70)57(47(41-64)77-59)80-61-56(74)53(71)58(48(42-65)78-61)79-60-54(72)51(69)50(68)46(40-63)76-60/h36,38,44-48,50-61,63-66,68-74H,3-35,37,39-43H2,1-2H3,(H,62,67)/b38-36+. The number of rotatable bonds is 48. The molecule has 0 bridgehead atoms. The van der Waals surface area contributed by atoms with Crippen LogP contribution in [0.15, 0.2) is 12.2 Å². The molecule has 0 radical (unpaired) electrons. The van der Waals surface area contributed by atoms with Gasteiger partial charge in [0.1, 0.15) is 73.2 Å². The Bertz CT molecular complexity index is 1510. The van der Waals surface area contributed by atoms with Gasteiger partial charge in [0.2, 0.25) is 5.91 Å². The zero-order valence-corrected chi connectivity index (χ0v) is 49.3. The fourth-order valence-electron chi connectivity index (χ4n) is 11.1. The molecule has 3 saturated heterocycles. The van der Waals surface area contributed by atoms with E-state index in [0.29, 0.717) is 6.42 Å². The van der Waals surface area contributed by atoms with Crippen molar-refractivity contribution in [2.45, 2.75) is 343 Å².